The molecule has 1 aliphatic carbocycles. The third-order valence-electron chi connectivity index (χ3n) is 2.57. The van der Waals surface area contributed by atoms with Crippen LogP contribution >= 0.6 is 0 Å². The minimum atomic E-state index is -0.772. The number of aliphatic hydroxyl groups is 1. The summed E-state index contributed by atoms with van der Waals surface area (Å²) in [7, 11) is 0. The molecule has 0 aromatic heterocycles. The van der Waals surface area contributed by atoms with Crippen molar-refractivity contribution in [1.29, 1.82) is 0 Å². The van der Waals surface area contributed by atoms with Gasteiger partial charge in [0.1, 0.15) is 6.61 Å². The Morgan fingerprint density at radius 1 is 1.60 bits per heavy atom. The number of esters is 1. The van der Waals surface area contributed by atoms with E-state index in [0.717, 1.165) is 12.8 Å². The van der Waals surface area contributed by atoms with Gasteiger partial charge in [-0.25, -0.2) is 0 Å². The first-order valence-electron chi connectivity index (χ1n) is 5.04. The van der Waals surface area contributed by atoms with E-state index in [2.05, 4.69) is 0 Å². The van der Waals surface area contributed by atoms with Gasteiger partial charge in [-0.1, -0.05) is 6.08 Å². The molecule has 1 rings (SSSR count). The van der Waals surface area contributed by atoms with Gasteiger partial charge in [-0.2, -0.15) is 0 Å². The van der Waals surface area contributed by atoms with Crippen LogP contribution in [0.1, 0.15) is 26.7 Å². The van der Waals surface area contributed by atoms with E-state index in [1.807, 2.05) is 6.08 Å². The van der Waals surface area contributed by atoms with Gasteiger partial charge in [0, 0.05) is 12.8 Å². The van der Waals surface area contributed by atoms with Gasteiger partial charge in [0.2, 0.25) is 0 Å². The van der Waals surface area contributed by atoms with E-state index in [9.17, 15) is 14.7 Å². The number of hydrogen-bond donors (Lipinski definition) is 1. The average Bonchev–Trinajstić information content (AvgIpc) is 2.62. The standard InChI is InChI=1S/C11H16O4/c1-7(12)9-4-3-5-10(9)11(14)6-15-8(2)13/h4,10-11,14H,3,5-6H2,1-2H3/t10-,11+/m1/s1. The maximum absolute atomic E-state index is 11.2. The second kappa shape index (κ2) is 5.07. The van der Waals surface area contributed by atoms with Crippen molar-refractivity contribution in [2.24, 2.45) is 5.92 Å². The predicted octanol–water partition coefficient (Wildman–Crippen LogP) is 0.836. The molecule has 0 bridgehead atoms. The number of allylic oxidation sites excluding steroid dienone is 1. The van der Waals surface area contributed by atoms with Gasteiger partial charge in [-0.15, -0.1) is 0 Å². The molecule has 0 aromatic carbocycles. The zero-order valence-corrected chi connectivity index (χ0v) is 9.03. The van der Waals surface area contributed by atoms with Crippen LogP contribution in [-0.4, -0.2) is 29.6 Å². The number of ketones is 1. The van der Waals surface area contributed by atoms with E-state index in [1.165, 1.54) is 13.8 Å². The van der Waals surface area contributed by atoms with E-state index in [1.54, 1.807) is 0 Å². The number of carbonyl (C=O) groups is 2. The summed E-state index contributed by atoms with van der Waals surface area (Å²) in [5.74, 6) is -0.610. The Kier molecular flexibility index (Phi) is 4.03. The van der Waals surface area contributed by atoms with Gasteiger partial charge >= 0.3 is 5.97 Å². The first-order valence-corrected chi connectivity index (χ1v) is 5.04. The Balaban J connectivity index is 2.53. The molecule has 2 atom stereocenters. The fraction of sp³-hybridized carbons (Fsp3) is 0.636. The summed E-state index contributed by atoms with van der Waals surface area (Å²) in [6.07, 6.45) is 2.63. The van der Waals surface area contributed by atoms with Gasteiger partial charge in [-0.3, -0.25) is 9.59 Å². The smallest absolute Gasteiger partial charge is 0.302 e. The van der Waals surface area contributed by atoms with Crippen LogP contribution in [0.4, 0.5) is 0 Å². The highest BCUT2D eigenvalue weighted by molar-refractivity contribution is 5.94. The van der Waals surface area contributed by atoms with Gasteiger partial charge < -0.3 is 9.84 Å². The molecule has 0 unspecified atom stereocenters. The Bertz CT molecular complexity index is 293. The van der Waals surface area contributed by atoms with Crippen molar-refractivity contribution in [2.45, 2.75) is 32.8 Å². The molecule has 0 aliphatic heterocycles. The third-order valence-corrected chi connectivity index (χ3v) is 2.57. The van der Waals surface area contributed by atoms with E-state index >= 15 is 0 Å². The molecule has 0 radical (unpaired) electrons. The number of carbonyl (C=O) groups excluding carboxylic acids is 2. The summed E-state index contributed by atoms with van der Waals surface area (Å²) in [6.45, 7) is 2.75. The lowest BCUT2D eigenvalue weighted by Crippen LogP contribution is -2.28. The lowest BCUT2D eigenvalue weighted by molar-refractivity contribution is -0.144. The van der Waals surface area contributed by atoms with Crippen LogP contribution in [0.5, 0.6) is 0 Å². The molecule has 0 spiro atoms. The van der Waals surface area contributed by atoms with E-state index in [-0.39, 0.29) is 18.3 Å². The average molecular weight is 212 g/mol. The zero-order chi connectivity index (χ0) is 11.4. The summed E-state index contributed by atoms with van der Waals surface area (Å²) in [5.41, 5.74) is 0.662. The summed E-state index contributed by atoms with van der Waals surface area (Å²) in [5, 5.41) is 9.75. The van der Waals surface area contributed by atoms with Crippen molar-refractivity contribution in [2.75, 3.05) is 6.61 Å². The molecule has 4 heteroatoms. The normalized spacial score (nSPS) is 22.1. The van der Waals surface area contributed by atoms with Crippen LogP contribution in [0.3, 0.4) is 0 Å². The molecular formula is C11H16O4. The molecule has 4 nitrogen and oxygen atoms in total. The fourth-order valence-corrected chi connectivity index (χ4v) is 1.85. The van der Waals surface area contributed by atoms with Gasteiger partial charge in [0.15, 0.2) is 5.78 Å². The van der Waals surface area contributed by atoms with Crippen molar-refractivity contribution in [1.82, 2.24) is 0 Å². The SMILES string of the molecule is CC(=O)OC[C@H](O)[C@@H]1CCC=C1C(C)=O. The van der Waals surface area contributed by atoms with Crippen molar-refractivity contribution in [3.63, 3.8) is 0 Å². The molecule has 0 saturated carbocycles. The maximum atomic E-state index is 11.2. The quantitative estimate of drug-likeness (QED) is 0.701. The summed E-state index contributed by atoms with van der Waals surface area (Å²) in [4.78, 5) is 21.8. The highest BCUT2D eigenvalue weighted by atomic mass is 16.5. The molecule has 1 N–H and O–H groups in total. The zero-order valence-electron chi connectivity index (χ0n) is 9.03. The topological polar surface area (TPSA) is 63.6 Å². The first-order chi connectivity index (χ1) is 7.02. The monoisotopic (exact) mass is 212 g/mol. The second-order valence-electron chi connectivity index (χ2n) is 3.77. The van der Waals surface area contributed by atoms with Gasteiger partial charge in [0.05, 0.1) is 6.10 Å². The Morgan fingerprint density at radius 3 is 2.80 bits per heavy atom. The van der Waals surface area contributed by atoms with Crippen molar-refractivity contribution < 1.29 is 19.4 Å². The Morgan fingerprint density at radius 2 is 2.27 bits per heavy atom. The molecule has 0 heterocycles. The fourth-order valence-electron chi connectivity index (χ4n) is 1.85. The van der Waals surface area contributed by atoms with E-state index < -0.39 is 12.1 Å². The minimum absolute atomic E-state index is 0.0145. The highest BCUT2D eigenvalue weighted by Gasteiger charge is 2.29. The van der Waals surface area contributed by atoms with E-state index in [4.69, 9.17) is 4.74 Å². The Hall–Kier alpha value is -1.16. The molecule has 0 aromatic rings. The predicted molar refractivity (Wildman–Crippen MR) is 54.1 cm³/mol. The minimum Gasteiger partial charge on any atom is -0.463 e. The van der Waals surface area contributed by atoms with Gasteiger partial charge in [0.25, 0.3) is 0 Å². The maximum Gasteiger partial charge on any atom is 0.302 e. The number of rotatable bonds is 4. The molecule has 0 fully saturated rings. The van der Waals surface area contributed by atoms with Crippen molar-refractivity contribution >= 4 is 11.8 Å². The lowest BCUT2D eigenvalue weighted by Gasteiger charge is -2.19. The number of aliphatic hydroxyl groups excluding tert-OH is 1. The van der Waals surface area contributed by atoms with Gasteiger partial charge in [-0.05, 0) is 25.3 Å². The molecular weight excluding hydrogens is 196 g/mol. The summed E-state index contributed by atoms with van der Waals surface area (Å²) in [6, 6.07) is 0. The molecule has 1 aliphatic rings. The number of ether oxygens (including phenoxy) is 1. The van der Waals surface area contributed by atoms with Crippen molar-refractivity contribution in [3.05, 3.63) is 11.6 Å². The van der Waals surface area contributed by atoms with Crippen LogP contribution in [0.25, 0.3) is 0 Å². The van der Waals surface area contributed by atoms with Crippen LogP contribution < -0.4 is 0 Å². The largest absolute Gasteiger partial charge is 0.463 e. The third kappa shape index (κ3) is 3.16. The summed E-state index contributed by atoms with van der Waals surface area (Å²) >= 11 is 0. The van der Waals surface area contributed by atoms with Crippen molar-refractivity contribution in [3.8, 4) is 0 Å². The highest BCUT2D eigenvalue weighted by Crippen LogP contribution is 2.29. The van der Waals surface area contributed by atoms with Crippen LogP contribution in [0.15, 0.2) is 11.6 Å². The number of Topliss-reactive ketones (excluding diaryl/α,β-unsaturated/α-hetero) is 1. The van der Waals surface area contributed by atoms with Crippen LogP contribution in [0.2, 0.25) is 0 Å². The van der Waals surface area contributed by atoms with Crippen LogP contribution in [-0.2, 0) is 14.3 Å². The molecule has 84 valence electrons. The number of hydrogen-bond acceptors (Lipinski definition) is 4. The molecule has 15 heavy (non-hydrogen) atoms. The Labute approximate surface area is 88.9 Å². The first kappa shape index (κ1) is 11.9. The second-order valence-corrected chi connectivity index (χ2v) is 3.77. The lowest BCUT2D eigenvalue weighted by atomic mass is 9.93. The van der Waals surface area contributed by atoms with Crippen LogP contribution in [0, 0.1) is 5.92 Å². The summed E-state index contributed by atoms with van der Waals surface area (Å²) < 4.78 is 4.72. The molecule has 0 amide bonds. The molecule has 0 saturated heterocycles. The van der Waals surface area contributed by atoms with E-state index in [0.29, 0.717) is 5.57 Å².